The van der Waals surface area contributed by atoms with Crippen LogP contribution in [0.25, 0.3) is 10.6 Å². The highest BCUT2D eigenvalue weighted by Gasteiger charge is 2.33. The van der Waals surface area contributed by atoms with Crippen molar-refractivity contribution in [2.75, 3.05) is 11.9 Å². The van der Waals surface area contributed by atoms with Gasteiger partial charge in [0.25, 0.3) is 0 Å². The third-order valence-electron chi connectivity index (χ3n) is 4.28. The Hall–Kier alpha value is -2.55. The molecule has 0 saturated carbocycles. The fourth-order valence-corrected chi connectivity index (χ4v) is 3.86. The Morgan fingerprint density at radius 1 is 1.38 bits per heavy atom. The van der Waals surface area contributed by atoms with Gasteiger partial charge in [-0.2, -0.15) is 0 Å². The Morgan fingerprint density at radius 3 is 2.85 bits per heavy atom. The Balaban J connectivity index is 1.79. The largest absolute Gasteiger partial charge is 0.368 e. The summed E-state index contributed by atoms with van der Waals surface area (Å²) in [6, 6.07) is 0.935. The van der Waals surface area contributed by atoms with Gasteiger partial charge >= 0.3 is 6.03 Å². The van der Waals surface area contributed by atoms with Crippen LogP contribution in [0.5, 0.6) is 0 Å². The highest BCUT2D eigenvalue weighted by atomic mass is 32.1. The summed E-state index contributed by atoms with van der Waals surface area (Å²) in [5.41, 5.74) is 6.95. The number of anilines is 1. The lowest BCUT2D eigenvalue weighted by atomic mass is 10.2. The molecule has 0 aromatic carbocycles. The molecule has 1 aliphatic rings. The molecule has 0 spiro atoms. The van der Waals surface area contributed by atoms with Crippen LogP contribution in [-0.4, -0.2) is 44.4 Å². The lowest BCUT2D eigenvalue weighted by Gasteiger charge is -2.21. The number of primary amides is 1. The predicted molar refractivity (Wildman–Crippen MR) is 99.9 cm³/mol. The lowest BCUT2D eigenvalue weighted by molar-refractivity contribution is -0.121. The van der Waals surface area contributed by atoms with Gasteiger partial charge in [-0.05, 0) is 25.8 Å². The number of carbonyl (C=O) groups is 2. The Bertz CT molecular complexity index is 834. The number of thiazole rings is 1. The highest BCUT2D eigenvalue weighted by Crippen LogP contribution is 2.32. The summed E-state index contributed by atoms with van der Waals surface area (Å²) in [6.45, 7) is 6.46. The van der Waals surface area contributed by atoms with Gasteiger partial charge in [-0.3, -0.25) is 10.1 Å². The Kier molecular flexibility index (Phi) is 5.17. The average molecular weight is 374 g/mol. The molecule has 2 aromatic heterocycles. The van der Waals surface area contributed by atoms with Crippen LogP contribution in [-0.2, 0) is 4.79 Å². The summed E-state index contributed by atoms with van der Waals surface area (Å²) >= 11 is 1.35. The maximum absolute atomic E-state index is 12.5. The summed E-state index contributed by atoms with van der Waals surface area (Å²) in [6.07, 6.45) is 3.10. The van der Waals surface area contributed by atoms with Gasteiger partial charge in [0, 0.05) is 18.7 Å². The van der Waals surface area contributed by atoms with E-state index in [1.807, 2.05) is 26.8 Å². The minimum Gasteiger partial charge on any atom is -0.368 e. The van der Waals surface area contributed by atoms with E-state index in [9.17, 15) is 9.59 Å². The lowest BCUT2D eigenvalue weighted by Crippen LogP contribution is -2.45. The second-order valence-corrected chi connectivity index (χ2v) is 7.57. The van der Waals surface area contributed by atoms with Gasteiger partial charge < -0.3 is 10.6 Å². The van der Waals surface area contributed by atoms with E-state index in [0.717, 1.165) is 28.5 Å². The minimum absolute atomic E-state index is 0.225. The van der Waals surface area contributed by atoms with Crippen LogP contribution in [0.3, 0.4) is 0 Å². The van der Waals surface area contributed by atoms with Gasteiger partial charge in [-0.1, -0.05) is 25.2 Å². The molecule has 1 atom stereocenters. The van der Waals surface area contributed by atoms with Crippen molar-refractivity contribution in [3.63, 3.8) is 0 Å². The molecular weight excluding hydrogens is 352 g/mol. The van der Waals surface area contributed by atoms with Crippen molar-refractivity contribution in [2.45, 2.75) is 45.6 Å². The zero-order chi connectivity index (χ0) is 18.8. The first-order valence-electron chi connectivity index (χ1n) is 8.54. The smallest absolute Gasteiger partial charge is 0.324 e. The Labute approximate surface area is 155 Å². The van der Waals surface area contributed by atoms with Gasteiger partial charge in [-0.15, -0.1) is 0 Å². The van der Waals surface area contributed by atoms with E-state index in [-0.39, 0.29) is 11.9 Å². The number of amides is 3. The number of aryl methyl sites for hydroxylation is 1. The SMILES string of the molecule is Cc1nc(NC(=O)N2CCCC2C(N)=O)sc1-c1ccnc(C(C)C)n1. The fraction of sp³-hybridized carbons (Fsp3) is 0.471. The van der Waals surface area contributed by atoms with E-state index >= 15 is 0 Å². The molecule has 3 amide bonds. The highest BCUT2D eigenvalue weighted by molar-refractivity contribution is 7.19. The normalized spacial score (nSPS) is 16.9. The summed E-state index contributed by atoms with van der Waals surface area (Å²) < 4.78 is 0. The predicted octanol–water partition coefficient (Wildman–Crippen LogP) is 2.51. The zero-order valence-electron chi connectivity index (χ0n) is 15.0. The van der Waals surface area contributed by atoms with Crippen LogP contribution < -0.4 is 11.1 Å². The van der Waals surface area contributed by atoms with Crippen molar-refractivity contribution in [3.05, 3.63) is 23.8 Å². The maximum atomic E-state index is 12.5. The van der Waals surface area contributed by atoms with E-state index in [1.165, 1.54) is 16.2 Å². The van der Waals surface area contributed by atoms with Gasteiger partial charge in [0.15, 0.2) is 5.13 Å². The number of nitrogens with zero attached hydrogens (tertiary/aromatic N) is 4. The van der Waals surface area contributed by atoms with Crippen molar-refractivity contribution >= 4 is 28.4 Å². The van der Waals surface area contributed by atoms with Crippen LogP contribution in [0.1, 0.15) is 44.1 Å². The second kappa shape index (κ2) is 7.36. The van der Waals surface area contributed by atoms with Crippen molar-refractivity contribution in [1.29, 1.82) is 0 Å². The molecule has 2 aromatic rings. The van der Waals surface area contributed by atoms with E-state index in [2.05, 4.69) is 20.3 Å². The van der Waals surface area contributed by atoms with Crippen LogP contribution in [0.15, 0.2) is 12.3 Å². The average Bonchev–Trinajstić information content (AvgIpc) is 3.21. The maximum Gasteiger partial charge on any atom is 0.324 e. The quantitative estimate of drug-likeness (QED) is 0.853. The van der Waals surface area contributed by atoms with E-state index in [0.29, 0.717) is 18.1 Å². The van der Waals surface area contributed by atoms with Gasteiger partial charge in [0.05, 0.1) is 16.3 Å². The standard InChI is InChI=1S/C17H22N6O2S/c1-9(2)15-19-7-6-11(21-15)13-10(3)20-16(26-13)22-17(25)23-8-4-5-12(23)14(18)24/h6-7,9,12H,4-5,8H2,1-3H3,(H2,18,24)(H,20,22,25). The first kappa shape index (κ1) is 18.2. The molecule has 0 aliphatic carbocycles. The number of rotatable bonds is 4. The Morgan fingerprint density at radius 2 is 2.15 bits per heavy atom. The van der Waals surface area contributed by atoms with Gasteiger partial charge in [-0.25, -0.2) is 19.7 Å². The molecule has 138 valence electrons. The molecule has 1 fully saturated rings. The van der Waals surface area contributed by atoms with Crippen molar-refractivity contribution in [2.24, 2.45) is 5.73 Å². The molecule has 1 aliphatic heterocycles. The first-order valence-corrected chi connectivity index (χ1v) is 9.36. The number of hydrogen-bond donors (Lipinski definition) is 2. The third kappa shape index (κ3) is 3.67. The van der Waals surface area contributed by atoms with Crippen LogP contribution in [0.4, 0.5) is 9.93 Å². The molecule has 3 heterocycles. The van der Waals surface area contributed by atoms with Gasteiger partial charge in [0.1, 0.15) is 11.9 Å². The monoisotopic (exact) mass is 374 g/mol. The molecule has 1 unspecified atom stereocenters. The number of urea groups is 1. The molecule has 9 heteroatoms. The molecule has 3 N–H and O–H groups in total. The topological polar surface area (TPSA) is 114 Å². The van der Waals surface area contributed by atoms with E-state index in [1.54, 1.807) is 6.20 Å². The number of carbonyl (C=O) groups excluding carboxylic acids is 2. The van der Waals surface area contributed by atoms with Crippen LogP contribution in [0.2, 0.25) is 0 Å². The number of nitrogens with one attached hydrogen (secondary N) is 1. The van der Waals surface area contributed by atoms with Crippen LogP contribution >= 0.6 is 11.3 Å². The van der Waals surface area contributed by atoms with Crippen LogP contribution in [0, 0.1) is 6.92 Å². The van der Waals surface area contributed by atoms with E-state index in [4.69, 9.17) is 5.73 Å². The molecule has 0 bridgehead atoms. The summed E-state index contributed by atoms with van der Waals surface area (Å²) in [4.78, 5) is 39.6. The first-order chi connectivity index (χ1) is 12.4. The van der Waals surface area contributed by atoms with Crippen molar-refractivity contribution in [1.82, 2.24) is 19.9 Å². The minimum atomic E-state index is -0.550. The number of nitrogens with two attached hydrogens (primary N) is 1. The third-order valence-corrected chi connectivity index (χ3v) is 5.37. The number of aromatic nitrogens is 3. The molecule has 1 saturated heterocycles. The molecular formula is C17H22N6O2S. The fourth-order valence-electron chi connectivity index (χ4n) is 2.93. The molecule has 3 rings (SSSR count). The molecule has 26 heavy (non-hydrogen) atoms. The molecule has 0 radical (unpaired) electrons. The summed E-state index contributed by atoms with van der Waals surface area (Å²) in [5, 5.41) is 3.25. The second-order valence-electron chi connectivity index (χ2n) is 6.57. The van der Waals surface area contributed by atoms with Crippen molar-refractivity contribution in [3.8, 4) is 10.6 Å². The number of hydrogen-bond acceptors (Lipinski definition) is 6. The summed E-state index contributed by atoms with van der Waals surface area (Å²) in [7, 11) is 0. The van der Waals surface area contributed by atoms with E-state index < -0.39 is 11.9 Å². The number of likely N-dealkylation sites (tertiary alicyclic amines) is 1. The molecule has 8 nitrogen and oxygen atoms in total. The van der Waals surface area contributed by atoms with Crippen molar-refractivity contribution < 1.29 is 9.59 Å². The zero-order valence-corrected chi connectivity index (χ0v) is 15.8. The summed E-state index contributed by atoms with van der Waals surface area (Å²) in [5.74, 6) is 0.515. The van der Waals surface area contributed by atoms with Gasteiger partial charge in [0.2, 0.25) is 5.91 Å².